The van der Waals surface area contributed by atoms with Crippen LogP contribution in [0.3, 0.4) is 0 Å². The molecule has 0 saturated carbocycles. The van der Waals surface area contributed by atoms with E-state index in [0.29, 0.717) is 28.9 Å². The molecule has 10 heteroatoms. The van der Waals surface area contributed by atoms with E-state index in [1.54, 1.807) is 13.0 Å². The molecule has 0 aliphatic heterocycles. The summed E-state index contributed by atoms with van der Waals surface area (Å²) >= 11 is 1.43. The first-order valence-electron chi connectivity index (χ1n) is 13.0. The lowest BCUT2D eigenvalue weighted by Gasteiger charge is -2.14. The number of nitrogens with one attached hydrogen (secondary N) is 2. The van der Waals surface area contributed by atoms with Gasteiger partial charge < -0.3 is 24.6 Å². The van der Waals surface area contributed by atoms with Gasteiger partial charge in [-0.3, -0.25) is 9.59 Å². The number of benzene rings is 2. The van der Waals surface area contributed by atoms with Crippen molar-refractivity contribution in [3.63, 3.8) is 0 Å². The molecule has 0 fully saturated rings. The summed E-state index contributed by atoms with van der Waals surface area (Å²) < 4.78 is 11.2. The summed E-state index contributed by atoms with van der Waals surface area (Å²) in [5.74, 6) is -0.179. The maximum atomic E-state index is 12.7. The Balaban J connectivity index is 1.26. The normalized spacial score (nSPS) is 12.0. The van der Waals surface area contributed by atoms with Crippen LogP contribution >= 0.6 is 11.8 Å². The van der Waals surface area contributed by atoms with Gasteiger partial charge in [0, 0.05) is 41.3 Å². The second-order valence-corrected chi connectivity index (χ2v) is 10.7. The molecule has 1 unspecified atom stereocenters. The highest BCUT2D eigenvalue weighted by molar-refractivity contribution is 7.98. The van der Waals surface area contributed by atoms with Crippen molar-refractivity contribution >= 4 is 51.5 Å². The van der Waals surface area contributed by atoms with Crippen LogP contribution in [0.25, 0.3) is 21.9 Å². The van der Waals surface area contributed by atoms with Crippen LogP contribution < -0.4 is 16.3 Å². The summed E-state index contributed by atoms with van der Waals surface area (Å²) in [7, 11) is 0. The van der Waals surface area contributed by atoms with Gasteiger partial charge in [-0.2, -0.15) is 11.8 Å². The molecule has 4 aromatic rings. The van der Waals surface area contributed by atoms with E-state index in [1.807, 2.05) is 50.2 Å². The van der Waals surface area contributed by atoms with Gasteiger partial charge in [-0.25, -0.2) is 9.59 Å². The molecular formula is C30H32N2O7S. The third-order valence-corrected chi connectivity index (χ3v) is 7.96. The SMILES string of the molecule is Cc1oc2cc3oc(=O)c(CC(=O)NCCCC(=O)NC(CSCc4ccccc4)C(=O)O)c(C)c3cc2c1C. The number of amides is 2. The van der Waals surface area contributed by atoms with E-state index in [1.165, 1.54) is 11.8 Å². The van der Waals surface area contributed by atoms with E-state index in [0.717, 1.165) is 27.7 Å². The number of aliphatic carboxylic acids is 1. The second kappa shape index (κ2) is 12.9. The molecule has 0 radical (unpaired) electrons. The first-order chi connectivity index (χ1) is 19.1. The minimum atomic E-state index is -1.09. The first-order valence-corrected chi connectivity index (χ1v) is 14.2. The van der Waals surface area contributed by atoms with Crippen LogP contribution in [0.5, 0.6) is 0 Å². The Labute approximate surface area is 235 Å². The van der Waals surface area contributed by atoms with Crippen molar-refractivity contribution in [2.24, 2.45) is 0 Å². The monoisotopic (exact) mass is 564 g/mol. The Morgan fingerprint density at radius 1 is 0.950 bits per heavy atom. The Hall–Kier alpha value is -4.05. The van der Waals surface area contributed by atoms with E-state index in [2.05, 4.69) is 10.6 Å². The number of fused-ring (bicyclic) bond motifs is 2. The average molecular weight is 565 g/mol. The van der Waals surface area contributed by atoms with E-state index >= 15 is 0 Å². The van der Waals surface area contributed by atoms with Crippen molar-refractivity contribution in [1.82, 2.24) is 10.6 Å². The van der Waals surface area contributed by atoms with Gasteiger partial charge in [0.1, 0.15) is 23.0 Å². The van der Waals surface area contributed by atoms with Gasteiger partial charge in [0.25, 0.3) is 0 Å². The zero-order chi connectivity index (χ0) is 28.8. The van der Waals surface area contributed by atoms with Crippen LogP contribution in [-0.4, -0.2) is 41.2 Å². The standard InChI is InChI=1S/C30H32N2O7S/c1-17-19(3)38-25-14-26-22(12-21(17)25)18(2)23(30(37)39-26)13-28(34)31-11-7-10-27(33)32-24(29(35)36)16-40-15-20-8-5-4-6-9-20/h4-6,8-9,12,14,24H,7,10-11,13,15-16H2,1-3H3,(H,31,34)(H,32,33)(H,35,36). The highest BCUT2D eigenvalue weighted by Crippen LogP contribution is 2.31. The summed E-state index contributed by atoms with van der Waals surface area (Å²) in [6.07, 6.45) is 0.227. The smallest absolute Gasteiger partial charge is 0.340 e. The Bertz CT molecular complexity index is 1610. The van der Waals surface area contributed by atoms with Gasteiger partial charge in [0.15, 0.2) is 0 Å². The number of carbonyl (C=O) groups is 3. The average Bonchev–Trinajstić information content (AvgIpc) is 3.20. The van der Waals surface area contributed by atoms with Gasteiger partial charge >= 0.3 is 11.6 Å². The fourth-order valence-corrected chi connectivity index (χ4v) is 5.45. The van der Waals surface area contributed by atoms with E-state index in [4.69, 9.17) is 8.83 Å². The molecule has 0 saturated heterocycles. The van der Waals surface area contributed by atoms with E-state index < -0.39 is 23.5 Å². The molecule has 0 aliphatic carbocycles. The number of carbonyl (C=O) groups excluding carboxylic acids is 2. The highest BCUT2D eigenvalue weighted by atomic mass is 32.2. The zero-order valence-electron chi connectivity index (χ0n) is 22.7. The lowest BCUT2D eigenvalue weighted by Crippen LogP contribution is -2.42. The predicted molar refractivity (Wildman–Crippen MR) is 155 cm³/mol. The summed E-state index contributed by atoms with van der Waals surface area (Å²) in [4.78, 5) is 49.1. The lowest BCUT2D eigenvalue weighted by molar-refractivity contribution is -0.141. The number of thioether (sulfide) groups is 1. The molecule has 9 nitrogen and oxygen atoms in total. The van der Waals surface area contributed by atoms with Crippen molar-refractivity contribution in [3.05, 3.63) is 80.9 Å². The second-order valence-electron chi connectivity index (χ2n) is 9.71. The Morgan fingerprint density at radius 2 is 1.65 bits per heavy atom. The molecule has 4 rings (SSSR count). The molecule has 2 amide bonds. The predicted octanol–water partition coefficient (Wildman–Crippen LogP) is 4.41. The zero-order valence-corrected chi connectivity index (χ0v) is 23.5. The quantitative estimate of drug-likeness (QED) is 0.170. The fraction of sp³-hybridized carbons (Fsp3) is 0.333. The van der Waals surface area contributed by atoms with Crippen molar-refractivity contribution < 1.29 is 28.3 Å². The summed E-state index contributed by atoms with van der Waals surface area (Å²) in [6, 6.07) is 12.3. The number of carboxylic acid groups (broad SMARTS) is 1. The molecule has 2 aromatic heterocycles. The van der Waals surface area contributed by atoms with Gasteiger partial charge in [-0.05, 0) is 49.9 Å². The molecule has 2 aromatic carbocycles. The van der Waals surface area contributed by atoms with Crippen LogP contribution in [0.4, 0.5) is 0 Å². The van der Waals surface area contributed by atoms with Crippen LogP contribution in [-0.2, 0) is 26.6 Å². The molecule has 1 atom stereocenters. The van der Waals surface area contributed by atoms with Crippen LogP contribution in [0.15, 0.2) is 56.1 Å². The third-order valence-electron chi connectivity index (χ3n) is 6.85. The molecule has 0 aliphatic rings. The minimum absolute atomic E-state index is 0.0595. The highest BCUT2D eigenvalue weighted by Gasteiger charge is 2.20. The van der Waals surface area contributed by atoms with Crippen molar-refractivity contribution in [3.8, 4) is 0 Å². The number of carboxylic acids is 1. The maximum Gasteiger partial charge on any atom is 0.340 e. The Morgan fingerprint density at radius 3 is 2.38 bits per heavy atom. The molecule has 40 heavy (non-hydrogen) atoms. The summed E-state index contributed by atoms with van der Waals surface area (Å²) in [6.45, 7) is 5.83. The first kappa shape index (κ1) is 28.9. The number of aryl methyl sites for hydroxylation is 3. The molecular weight excluding hydrogens is 532 g/mol. The molecule has 210 valence electrons. The fourth-order valence-electron chi connectivity index (χ4n) is 4.44. The third kappa shape index (κ3) is 6.93. The molecule has 0 spiro atoms. The molecule has 0 bridgehead atoms. The van der Waals surface area contributed by atoms with Crippen LogP contribution in [0.2, 0.25) is 0 Å². The van der Waals surface area contributed by atoms with Crippen LogP contribution in [0.1, 0.15) is 40.9 Å². The van der Waals surface area contributed by atoms with Crippen LogP contribution in [0, 0.1) is 20.8 Å². The topological polar surface area (TPSA) is 139 Å². The van der Waals surface area contributed by atoms with Crippen molar-refractivity contribution in [2.45, 2.75) is 51.8 Å². The minimum Gasteiger partial charge on any atom is -0.480 e. The molecule has 3 N–H and O–H groups in total. The molecule has 2 heterocycles. The Kier molecular flexibility index (Phi) is 9.31. The number of hydrogen-bond donors (Lipinski definition) is 3. The van der Waals surface area contributed by atoms with Crippen molar-refractivity contribution in [2.75, 3.05) is 12.3 Å². The number of hydrogen-bond acceptors (Lipinski definition) is 7. The van der Waals surface area contributed by atoms with Gasteiger partial charge in [0.2, 0.25) is 11.8 Å². The number of rotatable bonds is 12. The van der Waals surface area contributed by atoms with Gasteiger partial charge in [0.05, 0.1) is 12.0 Å². The number of furan rings is 1. The largest absolute Gasteiger partial charge is 0.480 e. The van der Waals surface area contributed by atoms with E-state index in [-0.39, 0.29) is 36.6 Å². The van der Waals surface area contributed by atoms with Gasteiger partial charge in [-0.1, -0.05) is 30.3 Å². The van der Waals surface area contributed by atoms with E-state index in [9.17, 15) is 24.3 Å². The summed E-state index contributed by atoms with van der Waals surface area (Å²) in [5.41, 5.74) is 3.49. The van der Waals surface area contributed by atoms with Gasteiger partial charge in [-0.15, -0.1) is 0 Å². The van der Waals surface area contributed by atoms with Crippen molar-refractivity contribution in [1.29, 1.82) is 0 Å². The maximum absolute atomic E-state index is 12.7. The lowest BCUT2D eigenvalue weighted by atomic mass is 10.0. The summed E-state index contributed by atoms with van der Waals surface area (Å²) in [5, 5.41) is 16.4.